The third-order valence-electron chi connectivity index (χ3n) is 3.05. The molecule has 0 spiro atoms. The summed E-state index contributed by atoms with van der Waals surface area (Å²) in [7, 11) is -6.85. The summed E-state index contributed by atoms with van der Waals surface area (Å²) in [4.78, 5) is 35.7. The number of H-pyrrole nitrogens is 1. The van der Waals surface area contributed by atoms with Crippen LogP contribution in [0.25, 0.3) is 11.2 Å². The summed E-state index contributed by atoms with van der Waals surface area (Å²) in [5.74, 6) is -0.447. The fraction of sp³-hybridized carbons (Fsp3) is 0.737. The molecule has 5 N–H and O–H groups in total. The highest BCUT2D eigenvalue weighted by atomic mass is 32.2. The van der Waals surface area contributed by atoms with Crippen LogP contribution in [0, 0.1) is 0 Å². The summed E-state index contributed by atoms with van der Waals surface area (Å²) in [5.41, 5.74) is 4.50. The number of aryl methyl sites for hydroxylation is 2. The van der Waals surface area contributed by atoms with Gasteiger partial charge in [-0.15, -0.1) is 0 Å². The van der Waals surface area contributed by atoms with Crippen molar-refractivity contribution in [1.29, 1.82) is 0 Å². The van der Waals surface area contributed by atoms with Gasteiger partial charge in [-0.1, -0.05) is 66.8 Å². The predicted octanol–water partition coefficient (Wildman–Crippen LogP) is 2.57. The Hall–Kier alpha value is -1.75. The van der Waals surface area contributed by atoms with E-state index in [9.17, 15) is 17.8 Å². The molecule has 0 atom stereocenters. The Labute approximate surface area is 192 Å². The van der Waals surface area contributed by atoms with Gasteiger partial charge in [0.15, 0.2) is 21.7 Å². The second kappa shape index (κ2) is 17.8. The highest BCUT2D eigenvalue weighted by Gasteiger charge is 2.25. The Morgan fingerprint density at radius 1 is 1.16 bits per heavy atom. The SMILES string of the molecule is CC.CC.CC.CCC.Cn1c[n+](CCCS(=O)(=O)CP(=O)(O)O)c2nc(N)[nH]c(=O)c21. The average Bonchev–Trinajstić information content (AvgIpc) is 3.01. The first-order valence-corrected chi connectivity index (χ1v) is 14.5. The van der Waals surface area contributed by atoms with Crippen LogP contribution >= 0.6 is 7.60 Å². The fourth-order valence-corrected chi connectivity index (χ4v) is 5.39. The van der Waals surface area contributed by atoms with E-state index in [0.717, 1.165) is 0 Å². The number of nitrogen functional groups attached to an aromatic ring is 1. The largest absolute Gasteiger partial charge is 0.355 e. The number of nitrogens with one attached hydrogen (secondary N) is 1. The zero-order valence-electron chi connectivity index (χ0n) is 20.9. The van der Waals surface area contributed by atoms with Crippen molar-refractivity contribution in [2.75, 3.05) is 17.0 Å². The van der Waals surface area contributed by atoms with Gasteiger partial charge in [-0.3, -0.25) is 18.9 Å². The number of nitrogens with zero attached hydrogens (tertiary/aromatic N) is 3. The molecule has 2 heterocycles. The third kappa shape index (κ3) is 13.6. The minimum absolute atomic E-state index is 0.0587. The molecule has 0 unspecified atom stereocenters. The summed E-state index contributed by atoms with van der Waals surface area (Å²) < 4.78 is 37.1. The monoisotopic (exact) mass is 500 g/mol. The van der Waals surface area contributed by atoms with Crippen molar-refractivity contribution < 1.29 is 27.3 Å². The van der Waals surface area contributed by atoms with Crippen molar-refractivity contribution in [2.45, 2.75) is 74.8 Å². The van der Waals surface area contributed by atoms with Gasteiger partial charge in [0, 0.05) is 0 Å². The molecule has 2 aromatic rings. The van der Waals surface area contributed by atoms with E-state index in [1.165, 1.54) is 11.0 Å². The number of sulfone groups is 1. The molecule has 0 aromatic carbocycles. The second-order valence-electron chi connectivity index (χ2n) is 5.85. The summed E-state index contributed by atoms with van der Waals surface area (Å²) >= 11 is 0. The number of rotatable bonds is 6. The topological polar surface area (TPSA) is 172 Å². The first-order chi connectivity index (χ1) is 14.9. The maximum atomic E-state index is 11.8. The molecule has 0 aliphatic heterocycles. The van der Waals surface area contributed by atoms with Crippen molar-refractivity contribution in [1.82, 2.24) is 14.5 Å². The molecule has 0 aliphatic rings. The van der Waals surface area contributed by atoms with Crippen molar-refractivity contribution in [3.8, 4) is 0 Å². The van der Waals surface area contributed by atoms with Crippen LogP contribution < -0.4 is 15.9 Å². The standard InChI is InChI=1S/C10H16N5O6PS.C3H8.3C2H6/c1-14-5-15(8-7(14)9(16)13-10(11)12-8)3-2-4-23(20,21)6-22(17,18)19;1-3-2;3*1-2/h5H,2-4,6H2,1H3,(H4-,11,12,13,16,17,18,19);3H2,1-2H3;3*1-2H3/p+1. The molecule has 190 valence electrons. The molecule has 13 heteroatoms. The van der Waals surface area contributed by atoms with Crippen LogP contribution in [0.3, 0.4) is 0 Å². The number of hydrogen-bond acceptors (Lipinski definition) is 6. The van der Waals surface area contributed by atoms with Gasteiger partial charge in [0.05, 0.1) is 19.3 Å². The number of hydrogen-bond donors (Lipinski definition) is 4. The van der Waals surface area contributed by atoms with Crippen molar-refractivity contribution >= 4 is 34.5 Å². The van der Waals surface area contributed by atoms with E-state index in [2.05, 4.69) is 23.8 Å². The maximum absolute atomic E-state index is 11.8. The zero-order valence-corrected chi connectivity index (χ0v) is 22.6. The van der Waals surface area contributed by atoms with Crippen molar-refractivity contribution in [2.24, 2.45) is 7.05 Å². The molecule has 0 bridgehead atoms. The number of aromatic nitrogens is 4. The van der Waals surface area contributed by atoms with Crippen LogP contribution in [0.15, 0.2) is 11.1 Å². The van der Waals surface area contributed by atoms with Crippen molar-refractivity contribution in [3.63, 3.8) is 0 Å². The van der Waals surface area contributed by atoms with Gasteiger partial charge >= 0.3 is 13.2 Å². The molecule has 0 fully saturated rings. The highest BCUT2D eigenvalue weighted by Crippen LogP contribution is 2.36. The van der Waals surface area contributed by atoms with E-state index in [1.807, 2.05) is 41.5 Å². The minimum atomic E-state index is -4.62. The van der Waals surface area contributed by atoms with Gasteiger partial charge < -0.3 is 15.5 Å². The first kappa shape index (κ1) is 34.9. The van der Waals surface area contributed by atoms with E-state index < -0.39 is 28.5 Å². The normalized spacial score (nSPS) is 10.3. The average molecular weight is 501 g/mol. The van der Waals surface area contributed by atoms with Crippen LogP contribution in [0.5, 0.6) is 0 Å². The Morgan fingerprint density at radius 2 is 1.62 bits per heavy atom. The summed E-state index contributed by atoms with van der Waals surface area (Å²) in [6.45, 7) is 16.5. The van der Waals surface area contributed by atoms with Gasteiger partial charge in [-0.25, -0.2) is 13.0 Å². The lowest BCUT2D eigenvalue weighted by Crippen LogP contribution is -2.34. The van der Waals surface area contributed by atoms with Crippen LogP contribution in [0.4, 0.5) is 5.95 Å². The van der Waals surface area contributed by atoms with Crippen LogP contribution in [-0.2, 0) is 28.0 Å². The zero-order chi connectivity index (χ0) is 26.1. The van der Waals surface area contributed by atoms with Crippen LogP contribution in [-0.4, -0.2) is 44.0 Å². The predicted molar refractivity (Wildman–Crippen MR) is 131 cm³/mol. The number of anilines is 1. The third-order valence-corrected chi connectivity index (χ3v) is 6.88. The lowest BCUT2D eigenvalue weighted by atomic mass is 10.4. The molecule has 2 rings (SSSR count). The quantitative estimate of drug-likeness (QED) is 0.346. The van der Waals surface area contributed by atoms with Gasteiger partial charge in [0.2, 0.25) is 5.52 Å². The molecule has 2 aromatic heterocycles. The molecule has 32 heavy (non-hydrogen) atoms. The Bertz CT molecular complexity index is 966. The molecule has 0 amide bonds. The van der Waals surface area contributed by atoms with E-state index in [0.29, 0.717) is 5.65 Å². The molecule has 0 aliphatic carbocycles. The van der Waals surface area contributed by atoms with Gasteiger partial charge in [-0.2, -0.15) is 0 Å². The molecular formula is C19H43N5O6PS+. The van der Waals surface area contributed by atoms with Gasteiger partial charge in [-0.05, 0) is 6.42 Å². The molecule has 0 saturated heterocycles. The Morgan fingerprint density at radius 3 is 2.06 bits per heavy atom. The number of imidazole rings is 1. The first-order valence-electron chi connectivity index (χ1n) is 10.9. The van der Waals surface area contributed by atoms with Crippen LogP contribution in [0.2, 0.25) is 0 Å². The smallest absolute Gasteiger partial charge is 0.340 e. The second-order valence-corrected chi connectivity index (χ2v) is 10.1. The lowest BCUT2D eigenvalue weighted by Gasteiger charge is -2.05. The maximum Gasteiger partial charge on any atom is 0.340 e. The highest BCUT2D eigenvalue weighted by molar-refractivity contribution is 7.97. The fourth-order valence-electron chi connectivity index (χ4n) is 2.25. The summed E-state index contributed by atoms with van der Waals surface area (Å²) in [6.07, 6.45) is 2.93. The van der Waals surface area contributed by atoms with E-state index in [4.69, 9.17) is 15.5 Å². The number of nitrogens with two attached hydrogens (primary N) is 1. The van der Waals surface area contributed by atoms with Gasteiger partial charge in [0.25, 0.3) is 11.5 Å². The van der Waals surface area contributed by atoms with E-state index in [-0.39, 0.29) is 30.2 Å². The molecule has 0 saturated carbocycles. The summed E-state index contributed by atoms with van der Waals surface area (Å²) in [6, 6.07) is 0. The molecule has 11 nitrogen and oxygen atoms in total. The van der Waals surface area contributed by atoms with Crippen LogP contribution in [0.1, 0.15) is 68.2 Å². The minimum Gasteiger partial charge on any atom is -0.355 e. The number of fused-ring (bicyclic) bond motifs is 1. The molecule has 0 radical (unpaired) electrons. The Balaban J connectivity index is -0.000000822. The van der Waals surface area contributed by atoms with Gasteiger partial charge in [0.1, 0.15) is 0 Å². The Kier molecular flexibility index (Phi) is 19.3. The number of aromatic amines is 1. The van der Waals surface area contributed by atoms with E-state index >= 15 is 0 Å². The summed E-state index contributed by atoms with van der Waals surface area (Å²) in [5, 5.41) is 0. The van der Waals surface area contributed by atoms with Crippen molar-refractivity contribution in [3.05, 3.63) is 16.7 Å². The lowest BCUT2D eigenvalue weighted by molar-refractivity contribution is -0.673. The van der Waals surface area contributed by atoms with E-state index in [1.54, 1.807) is 17.9 Å². The molecular weight excluding hydrogens is 457 g/mol.